The third-order valence-corrected chi connectivity index (χ3v) is 4.92. The van der Waals surface area contributed by atoms with Gasteiger partial charge in [-0.1, -0.05) is 19.1 Å². The van der Waals surface area contributed by atoms with Crippen LogP contribution in [0.2, 0.25) is 0 Å². The Balaban J connectivity index is 1.53. The number of nitrogens with one attached hydrogen (secondary N) is 1. The SMILES string of the molecule is CCc1cc(CSc2ccc(CNC3CC3)cc2)n(C)n1. The summed E-state index contributed by atoms with van der Waals surface area (Å²) in [5.74, 6) is 0.975. The Morgan fingerprint density at radius 1 is 1.29 bits per heavy atom. The summed E-state index contributed by atoms with van der Waals surface area (Å²) in [6, 6.07) is 11.9. The zero-order valence-electron chi connectivity index (χ0n) is 12.8. The number of nitrogens with zero attached hydrogens (tertiary/aromatic N) is 2. The molecule has 1 aromatic heterocycles. The summed E-state index contributed by atoms with van der Waals surface area (Å²) >= 11 is 1.88. The van der Waals surface area contributed by atoms with E-state index in [9.17, 15) is 0 Å². The van der Waals surface area contributed by atoms with Crippen molar-refractivity contribution < 1.29 is 0 Å². The van der Waals surface area contributed by atoms with Gasteiger partial charge >= 0.3 is 0 Å². The lowest BCUT2D eigenvalue weighted by Crippen LogP contribution is -2.14. The van der Waals surface area contributed by atoms with Crippen LogP contribution in [0.3, 0.4) is 0 Å². The maximum Gasteiger partial charge on any atom is 0.0625 e. The molecule has 3 nitrogen and oxygen atoms in total. The first-order chi connectivity index (χ1) is 10.2. The van der Waals surface area contributed by atoms with Crippen molar-refractivity contribution in [1.82, 2.24) is 15.1 Å². The van der Waals surface area contributed by atoms with Crippen molar-refractivity contribution in [2.45, 2.75) is 49.4 Å². The highest BCUT2D eigenvalue weighted by Crippen LogP contribution is 2.24. The minimum absolute atomic E-state index is 0.775. The Bertz CT molecular complexity index is 585. The van der Waals surface area contributed by atoms with Crippen LogP contribution >= 0.6 is 11.8 Å². The summed E-state index contributed by atoms with van der Waals surface area (Å²) in [6.45, 7) is 3.14. The number of benzene rings is 1. The van der Waals surface area contributed by atoms with Crippen molar-refractivity contribution in [2.75, 3.05) is 0 Å². The first kappa shape index (κ1) is 14.7. The van der Waals surface area contributed by atoms with Crippen molar-refractivity contribution in [3.05, 3.63) is 47.3 Å². The molecule has 0 radical (unpaired) electrons. The number of aromatic nitrogens is 2. The Hall–Kier alpha value is -1.26. The van der Waals surface area contributed by atoms with Crippen LogP contribution in [0.5, 0.6) is 0 Å². The zero-order chi connectivity index (χ0) is 14.7. The number of aryl methyl sites for hydroxylation is 2. The molecule has 0 amide bonds. The van der Waals surface area contributed by atoms with Crippen molar-refractivity contribution in [3.8, 4) is 0 Å². The lowest BCUT2D eigenvalue weighted by molar-refractivity contribution is 0.687. The lowest BCUT2D eigenvalue weighted by Gasteiger charge is -2.05. The van der Waals surface area contributed by atoms with Crippen LogP contribution in [0.4, 0.5) is 0 Å². The number of hydrogen-bond acceptors (Lipinski definition) is 3. The van der Waals surface area contributed by atoms with Gasteiger partial charge in [-0.2, -0.15) is 5.10 Å². The highest BCUT2D eigenvalue weighted by molar-refractivity contribution is 7.98. The Morgan fingerprint density at radius 2 is 2.05 bits per heavy atom. The molecule has 1 N–H and O–H groups in total. The van der Waals surface area contributed by atoms with E-state index in [1.54, 1.807) is 0 Å². The van der Waals surface area contributed by atoms with E-state index in [1.807, 2.05) is 23.5 Å². The molecule has 0 bridgehead atoms. The molecule has 112 valence electrons. The van der Waals surface area contributed by atoms with Gasteiger partial charge in [0.1, 0.15) is 0 Å². The van der Waals surface area contributed by atoms with Crippen LogP contribution in [0, 0.1) is 0 Å². The molecule has 21 heavy (non-hydrogen) atoms. The van der Waals surface area contributed by atoms with Crippen LogP contribution in [-0.2, 0) is 25.8 Å². The maximum atomic E-state index is 4.50. The third kappa shape index (κ3) is 4.11. The monoisotopic (exact) mass is 301 g/mol. The van der Waals surface area contributed by atoms with E-state index in [-0.39, 0.29) is 0 Å². The molecule has 1 aliphatic carbocycles. The summed E-state index contributed by atoms with van der Waals surface area (Å²) in [5, 5.41) is 8.05. The van der Waals surface area contributed by atoms with Crippen LogP contribution in [-0.4, -0.2) is 15.8 Å². The van der Waals surface area contributed by atoms with Crippen LogP contribution in [0.25, 0.3) is 0 Å². The van der Waals surface area contributed by atoms with Crippen molar-refractivity contribution in [1.29, 1.82) is 0 Å². The van der Waals surface area contributed by atoms with E-state index < -0.39 is 0 Å². The summed E-state index contributed by atoms with van der Waals surface area (Å²) in [5.41, 5.74) is 3.84. The van der Waals surface area contributed by atoms with E-state index in [1.165, 1.54) is 34.7 Å². The molecule has 1 aliphatic rings. The second-order valence-electron chi connectivity index (χ2n) is 5.69. The largest absolute Gasteiger partial charge is 0.310 e. The average Bonchev–Trinajstić information content (AvgIpc) is 3.27. The van der Waals surface area contributed by atoms with Crippen LogP contribution in [0.1, 0.15) is 36.7 Å². The molecule has 0 aliphatic heterocycles. The quantitative estimate of drug-likeness (QED) is 0.794. The minimum atomic E-state index is 0.775. The minimum Gasteiger partial charge on any atom is -0.310 e. The number of hydrogen-bond donors (Lipinski definition) is 1. The predicted molar refractivity (Wildman–Crippen MR) is 88.5 cm³/mol. The fourth-order valence-corrected chi connectivity index (χ4v) is 3.20. The standard InChI is InChI=1S/C17H23N3S/c1-3-14-10-16(20(2)19-14)12-21-17-8-4-13(5-9-17)11-18-15-6-7-15/h4-5,8-10,15,18H,3,6-7,11-12H2,1-2H3. The number of rotatable bonds is 7. The van der Waals surface area contributed by atoms with Crippen molar-refractivity contribution in [2.24, 2.45) is 7.05 Å². The van der Waals surface area contributed by atoms with Gasteiger partial charge in [0.25, 0.3) is 0 Å². The van der Waals surface area contributed by atoms with E-state index in [0.717, 1.165) is 24.8 Å². The molecule has 0 atom stereocenters. The molecule has 1 aromatic carbocycles. The van der Waals surface area contributed by atoms with E-state index in [4.69, 9.17) is 0 Å². The van der Waals surface area contributed by atoms with Gasteiger partial charge in [-0.25, -0.2) is 0 Å². The van der Waals surface area contributed by atoms with E-state index >= 15 is 0 Å². The second kappa shape index (κ2) is 6.67. The summed E-state index contributed by atoms with van der Waals surface area (Å²) < 4.78 is 2.00. The Morgan fingerprint density at radius 3 is 2.67 bits per heavy atom. The van der Waals surface area contributed by atoms with Gasteiger partial charge in [-0.05, 0) is 43.0 Å². The normalized spacial score (nSPS) is 14.6. The molecule has 1 saturated carbocycles. The van der Waals surface area contributed by atoms with Gasteiger partial charge < -0.3 is 5.32 Å². The molecule has 0 unspecified atom stereocenters. The predicted octanol–water partition coefficient (Wildman–Crippen LogP) is 3.53. The van der Waals surface area contributed by atoms with E-state index in [2.05, 4.69) is 47.7 Å². The highest BCUT2D eigenvalue weighted by Gasteiger charge is 2.19. The Kier molecular flexibility index (Phi) is 4.66. The summed E-state index contributed by atoms with van der Waals surface area (Å²) in [6.07, 6.45) is 3.69. The van der Waals surface area contributed by atoms with Gasteiger partial charge in [0, 0.05) is 36.0 Å². The molecular formula is C17H23N3S. The molecule has 4 heteroatoms. The first-order valence-corrected chi connectivity index (χ1v) is 8.70. The molecule has 1 fully saturated rings. The topological polar surface area (TPSA) is 29.9 Å². The van der Waals surface area contributed by atoms with Gasteiger partial charge in [-0.15, -0.1) is 11.8 Å². The van der Waals surface area contributed by atoms with Crippen LogP contribution in [0.15, 0.2) is 35.2 Å². The smallest absolute Gasteiger partial charge is 0.0625 e. The fourth-order valence-electron chi connectivity index (χ4n) is 2.29. The Labute approximate surface area is 131 Å². The second-order valence-corrected chi connectivity index (χ2v) is 6.74. The third-order valence-electron chi connectivity index (χ3n) is 3.87. The first-order valence-electron chi connectivity index (χ1n) is 7.71. The molecule has 3 rings (SSSR count). The number of thioether (sulfide) groups is 1. The zero-order valence-corrected chi connectivity index (χ0v) is 13.6. The summed E-state index contributed by atoms with van der Waals surface area (Å²) in [7, 11) is 2.03. The van der Waals surface area contributed by atoms with E-state index in [0.29, 0.717) is 0 Å². The fraction of sp³-hybridized carbons (Fsp3) is 0.471. The molecule has 2 aromatic rings. The molecule has 0 saturated heterocycles. The van der Waals surface area contributed by atoms with Crippen molar-refractivity contribution >= 4 is 11.8 Å². The molecular weight excluding hydrogens is 278 g/mol. The lowest BCUT2D eigenvalue weighted by atomic mass is 10.2. The van der Waals surface area contributed by atoms with Gasteiger partial charge in [0.05, 0.1) is 5.69 Å². The van der Waals surface area contributed by atoms with Gasteiger partial charge in [0.2, 0.25) is 0 Å². The molecule has 1 heterocycles. The highest BCUT2D eigenvalue weighted by atomic mass is 32.2. The van der Waals surface area contributed by atoms with Gasteiger partial charge in [-0.3, -0.25) is 4.68 Å². The average molecular weight is 301 g/mol. The van der Waals surface area contributed by atoms with Crippen LogP contribution < -0.4 is 5.32 Å². The van der Waals surface area contributed by atoms with Crippen molar-refractivity contribution in [3.63, 3.8) is 0 Å². The maximum absolute atomic E-state index is 4.50. The van der Waals surface area contributed by atoms with Gasteiger partial charge in [0.15, 0.2) is 0 Å². The summed E-state index contributed by atoms with van der Waals surface area (Å²) in [4.78, 5) is 1.32. The molecule has 0 spiro atoms.